The maximum atomic E-state index is 5.05. The largest absolute Gasteiger partial charge is 0.309 e. The van der Waals surface area contributed by atoms with Gasteiger partial charge in [-0.15, -0.1) is 0 Å². The average Bonchev–Trinajstić information content (AvgIpc) is 3.69. The van der Waals surface area contributed by atoms with Crippen molar-refractivity contribution in [1.29, 1.82) is 0 Å². The molecule has 9 aromatic rings. The van der Waals surface area contributed by atoms with E-state index in [1.807, 2.05) is 30.7 Å². The third kappa shape index (κ3) is 2.72. The van der Waals surface area contributed by atoms with Gasteiger partial charge in [-0.25, -0.2) is 9.97 Å². The van der Waals surface area contributed by atoms with Crippen molar-refractivity contribution >= 4 is 60.3 Å². The summed E-state index contributed by atoms with van der Waals surface area (Å²) in [5.74, 6) is 0. The van der Waals surface area contributed by atoms with Crippen LogP contribution in [0, 0.1) is 0 Å². The maximum absolute atomic E-state index is 5.05. The van der Waals surface area contributed by atoms with Gasteiger partial charge in [-0.2, -0.15) is 0 Å². The van der Waals surface area contributed by atoms with Crippen LogP contribution in [0.5, 0.6) is 0 Å². The van der Waals surface area contributed by atoms with Crippen LogP contribution in [0.2, 0.25) is 0 Å². The zero-order valence-corrected chi connectivity index (χ0v) is 21.9. The molecule has 41 heavy (non-hydrogen) atoms. The number of pyridine rings is 3. The van der Waals surface area contributed by atoms with E-state index in [1.165, 1.54) is 55.1 Å². The SMILES string of the molecule is c1ccc(-n2c3ccccc3c3cc4c(cc32)-c2cc3c5ccncc5n5c6ncccc6nc5c3cc2C4)cc1. The number of hydrogen-bond acceptors (Lipinski definition) is 3. The van der Waals surface area contributed by atoms with Gasteiger partial charge in [-0.3, -0.25) is 9.38 Å². The van der Waals surface area contributed by atoms with Crippen LogP contribution in [0.25, 0.3) is 77.1 Å². The van der Waals surface area contributed by atoms with E-state index in [4.69, 9.17) is 4.98 Å². The Morgan fingerprint density at radius 3 is 2.29 bits per heavy atom. The Bertz CT molecular complexity index is 2550. The number of imidazole rings is 1. The summed E-state index contributed by atoms with van der Waals surface area (Å²) in [5, 5.41) is 6.08. The predicted molar refractivity (Wildman–Crippen MR) is 166 cm³/mol. The fourth-order valence-electron chi connectivity index (χ4n) is 7.08. The first kappa shape index (κ1) is 21.3. The third-order valence-corrected chi connectivity index (χ3v) is 8.81. The molecule has 5 heteroatoms. The Morgan fingerprint density at radius 2 is 1.37 bits per heavy atom. The molecule has 5 aromatic heterocycles. The van der Waals surface area contributed by atoms with Crippen molar-refractivity contribution in [3.63, 3.8) is 0 Å². The molecule has 0 aliphatic heterocycles. The molecule has 4 aromatic carbocycles. The van der Waals surface area contributed by atoms with Crippen LogP contribution in [0.4, 0.5) is 0 Å². The van der Waals surface area contributed by atoms with E-state index in [-0.39, 0.29) is 0 Å². The molecular weight excluding hydrogens is 502 g/mol. The first-order valence-corrected chi connectivity index (χ1v) is 13.9. The summed E-state index contributed by atoms with van der Waals surface area (Å²) >= 11 is 0. The van der Waals surface area contributed by atoms with Crippen molar-refractivity contribution in [2.45, 2.75) is 6.42 Å². The van der Waals surface area contributed by atoms with Gasteiger partial charge in [0.05, 0.1) is 22.7 Å². The lowest BCUT2D eigenvalue weighted by molar-refractivity contribution is 1.18. The summed E-state index contributed by atoms with van der Waals surface area (Å²) in [7, 11) is 0. The fraction of sp³-hybridized carbons (Fsp3) is 0.0278. The second-order valence-corrected chi connectivity index (χ2v) is 11.0. The summed E-state index contributed by atoms with van der Waals surface area (Å²) in [5.41, 5.74) is 12.7. The van der Waals surface area contributed by atoms with Gasteiger partial charge in [-0.05, 0) is 94.7 Å². The van der Waals surface area contributed by atoms with Gasteiger partial charge < -0.3 is 4.57 Å². The Labute approximate surface area is 234 Å². The first-order valence-electron chi connectivity index (χ1n) is 13.9. The molecule has 0 atom stereocenters. The van der Waals surface area contributed by atoms with Crippen LogP contribution in [0.3, 0.4) is 0 Å². The van der Waals surface area contributed by atoms with Gasteiger partial charge in [0.15, 0.2) is 5.65 Å². The number of benzene rings is 4. The van der Waals surface area contributed by atoms with Crippen LogP contribution in [-0.4, -0.2) is 23.9 Å². The highest BCUT2D eigenvalue weighted by Gasteiger charge is 2.25. The average molecular weight is 524 g/mol. The van der Waals surface area contributed by atoms with Crippen LogP contribution in [0.1, 0.15) is 11.1 Å². The molecule has 0 spiro atoms. The Balaban J connectivity index is 1.31. The van der Waals surface area contributed by atoms with Gasteiger partial charge in [0.1, 0.15) is 11.2 Å². The highest BCUT2D eigenvalue weighted by molar-refractivity contribution is 6.16. The minimum atomic E-state index is 0.863. The quantitative estimate of drug-likeness (QED) is 0.204. The number of hydrogen-bond donors (Lipinski definition) is 0. The van der Waals surface area contributed by atoms with E-state index in [0.29, 0.717) is 0 Å². The zero-order valence-electron chi connectivity index (χ0n) is 21.9. The standard InChI is InChI=1S/C36H21N5/c1-2-7-23(8-3-1)40-32-11-5-4-9-24(32)29-16-21-15-22-17-30-28(18-26(22)27(21)19-33(29)40)25-12-14-37-20-34(25)41-35(30)39-31-10-6-13-38-36(31)41/h1-14,16-20H,15H2. The smallest absolute Gasteiger partial charge is 0.165 e. The van der Waals surface area contributed by atoms with E-state index in [9.17, 15) is 0 Å². The number of para-hydroxylation sites is 2. The molecule has 1 aliphatic rings. The van der Waals surface area contributed by atoms with Crippen molar-refractivity contribution in [3.05, 3.63) is 127 Å². The molecule has 5 heterocycles. The maximum Gasteiger partial charge on any atom is 0.165 e. The van der Waals surface area contributed by atoms with Crippen LogP contribution in [-0.2, 0) is 6.42 Å². The summed E-state index contributed by atoms with van der Waals surface area (Å²) in [4.78, 5) is 14.2. The number of aromatic nitrogens is 5. The summed E-state index contributed by atoms with van der Waals surface area (Å²) < 4.78 is 4.56. The molecule has 0 unspecified atom stereocenters. The Kier molecular flexibility index (Phi) is 3.92. The van der Waals surface area contributed by atoms with Crippen molar-refractivity contribution in [2.75, 3.05) is 0 Å². The van der Waals surface area contributed by atoms with E-state index >= 15 is 0 Å². The molecule has 1 aliphatic carbocycles. The molecule has 0 bridgehead atoms. The minimum absolute atomic E-state index is 0.863. The van der Waals surface area contributed by atoms with Gasteiger partial charge in [0.25, 0.3) is 0 Å². The Hall–Kier alpha value is -5.55. The highest BCUT2D eigenvalue weighted by Crippen LogP contribution is 2.45. The molecular formula is C36H21N5. The van der Waals surface area contributed by atoms with Crippen molar-refractivity contribution in [1.82, 2.24) is 23.9 Å². The molecule has 0 radical (unpaired) electrons. The van der Waals surface area contributed by atoms with Gasteiger partial charge in [-0.1, -0.05) is 36.4 Å². The van der Waals surface area contributed by atoms with E-state index in [2.05, 4.69) is 104 Å². The topological polar surface area (TPSA) is 48.0 Å². The normalized spacial score (nSPS) is 12.8. The third-order valence-electron chi connectivity index (χ3n) is 8.81. The van der Waals surface area contributed by atoms with E-state index in [0.717, 1.165) is 39.5 Å². The van der Waals surface area contributed by atoms with Crippen molar-refractivity contribution < 1.29 is 0 Å². The summed E-state index contributed by atoms with van der Waals surface area (Å²) in [6.45, 7) is 0. The fourth-order valence-corrected chi connectivity index (χ4v) is 7.08. The second-order valence-electron chi connectivity index (χ2n) is 11.0. The molecule has 0 saturated heterocycles. The lowest BCUT2D eigenvalue weighted by Crippen LogP contribution is -1.94. The Morgan fingerprint density at radius 1 is 0.561 bits per heavy atom. The van der Waals surface area contributed by atoms with E-state index in [1.54, 1.807) is 0 Å². The molecule has 5 nitrogen and oxygen atoms in total. The lowest BCUT2D eigenvalue weighted by atomic mass is 9.98. The minimum Gasteiger partial charge on any atom is -0.309 e. The molecule has 0 fully saturated rings. The van der Waals surface area contributed by atoms with Crippen LogP contribution < -0.4 is 0 Å². The van der Waals surface area contributed by atoms with Gasteiger partial charge in [0, 0.05) is 39.6 Å². The monoisotopic (exact) mass is 523 g/mol. The van der Waals surface area contributed by atoms with Crippen LogP contribution >= 0.6 is 0 Å². The summed E-state index contributed by atoms with van der Waals surface area (Å²) in [6, 6.07) is 35.1. The molecule has 0 N–H and O–H groups in total. The van der Waals surface area contributed by atoms with Crippen LogP contribution in [0.15, 0.2) is 116 Å². The number of fused-ring (bicyclic) bond motifs is 14. The lowest BCUT2D eigenvalue weighted by Gasteiger charge is -2.11. The van der Waals surface area contributed by atoms with Gasteiger partial charge >= 0.3 is 0 Å². The molecule has 0 saturated carbocycles. The van der Waals surface area contributed by atoms with Crippen molar-refractivity contribution in [3.8, 4) is 16.8 Å². The number of rotatable bonds is 1. The zero-order chi connectivity index (χ0) is 26.7. The summed E-state index contributed by atoms with van der Waals surface area (Å²) in [6.07, 6.45) is 6.54. The first-order chi connectivity index (χ1) is 20.3. The highest BCUT2D eigenvalue weighted by atomic mass is 15.1. The molecule has 0 amide bonds. The van der Waals surface area contributed by atoms with Gasteiger partial charge in [0.2, 0.25) is 0 Å². The second kappa shape index (κ2) is 7.55. The van der Waals surface area contributed by atoms with E-state index < -0.39 is 0 Å². The molecule has 10 rings (SSSR count). The molecule has 190 valence electrons. The van der Waals surface area contributed by atoms with Crippen molar-refractivity contribution in [2.24, 2.45) is 0 Å². The number of nitrogens with zero attached hydrogens (tertiary/aromatic N) is 5. The predicted octanol–water partition coefficient (Wildman–Crippen LogP) is 8.25.